The molecule has 1 rings (SSSR count). The van der Waals surface area contributed by atoms with Crippen LogP contribution in [0.25, 0.3) is 0 Å². The summed E-state index contributed by atoms with van der Waals surface area (Å²) in [6.07, 6.45) is 4.89. The maximum atomic E-state index is 6.10. The van der Waals surface area contributed by atoms with E-state index in [2.05, 4.69) is 20.8 Å². The zero-order valence-electron chi connectivity index (χ0n) is 9.42. The first-order valence-electron chi connectivity index (χ1n) is 5.47. The van der Waals surface area contributed by atoms with Gasteiger partial charge < -0.3 is 10.2 Å². The molecule has 2 N–H and O–H groups in total. The number of hydrogen-bond donors (Lipinski definition) is 1. The van der Waals surface area contributed by atoms with Crippen molar-refractivity contribution in [2.75, 3.05) is 0 Å². The number of rotatable bonds is 5. The highest BCUT2D eigenvalue weighted by Crippen LogP contribution is 2.23. The SMILES string of the molecule is CCc1occc1C(N)CCC(C)C. The first-order chi connectivity index (χ1) is 6.65. The Morgan fingerprint density at radius 2 is 2.07 bits per heavy atom. The minimum absolute atomic E-state index is 0.145. The van der Waals surface area contributed by atoms with Crippen LogP contribution < -0.4 is 5.73 Å². The zero-order chi connectivity index (χ0) is 10.6. The summed E-state index contributed by atoms with van der Waals surface area (Å²) < 4.78 is 5.36. The molecule has 14 heavy (non-hydrogen) atoms. The molecule has 1 aromatic rings. The molecule has 0 amide bonds. The highest BCUT2D eigenvalue weighted by molar-refractivity contribution is 5.20. The number of furan rings is 1. The van der Waals surface area contributed by atoms with Gasteiger partial charge in [0.2, 0.25) is 0 Å². The lowest BCUT2D eigenvalue weighted by Crippen LogP contribution is -2.12. The van der Waals surface area contributed by atoms with Crippen molar-refractivity contribution in [2.45, 2.75) is 46.1 Å². The molecule has 80 valence electrons. The molecule has 0 fully saturated rings. The van der Waals surface area contributed by atoms with Crippen molar-refractivity contribution in [1.82, 2.24) is 0 Å². The second kappa shape index (κ2) is 5.20. The van der Waals surface area contributed by atoms with Crippen LogP contribution in [0.3, 0.4) is 0 Å². The highest BCUT2D eigenvalue weighted by atomic mass is 16.3. The normalized spacial score (nSPS) is 13.5. The Bertz CT molecular complexity index is 265. The van der Waals surface area contributed by atoms with E-state index in [1.165, 1.54) is 12.0 Å². The summed E-state index contributed by atoms with van der Waals surface area (Å²) >= 11 is 0. The summed E-state index contributed by atoms with van der Waals surface area (Å²) in [5.41, 5.74) is 7.29. The van der Waals surface area contributed by atoms with E-state index in [0.29, 0.717) is 0 Å². The minimum atomic E-state index is 0.145. The number of nitrogens with two attached hydrogens (primary N) is 1. The summed E-state index contributed by atoms with van der Waals surface area (Å²) in [7, 11) is 0. The smallest absolute Gasteiger partial charge is 0.108 e. The first-order valence-corrected chi connectivity index (χ1v) is 5.47. The predicted molar refractivity (Wildman–Crippen MR) is 59.1 cm³/mol. The largest absolute Gasteiger partial charge is 0.469 e. The molecule has 1 heterocycles. The molecule has 0 aliphatic rings. The van der Waals surface area contributed by atoms with Gasteiger partial charge in [-0.05, 0) is 24.8 Å². The Morgan fingerprint density at radius 1 is 1.36 bits per heavy atom. The van der Waals surface area contributed by atoms with Gasteiger partial charge in [-0.25, -0.2) is 0 Å². The highest BCUT2D eigenvalue weighted by Gasteiger charge is 2.12. The molecule has 2 nitrogen and oxygen atoms in total. The molecular weight excluding hydrogens is 174 g/mol. The molecule has 2 heteroatoms. The van der Waals surface area contributed by atoms with Crippen molar-refractivity contribution < 1.29 is 4.42 Å². The summed E-state index contributed by atoms with van der Waals surface area (Å²) in [5, 5.41) is 0. The van der Waals surface area contributed by atoms with Crippen molar-refractivity contribution in [1.29, 1.82) is 0 Å². The Kier molecular flexibility index (Phi) is 4.21. The van der Waals surface area contributed by atoms with Crippen LogP contribution in [0.15, 0.2) is 16.7 Å². The molecule has 1 unspecified atom stereocenters. The lowest BCUT2D eigenvalue weighted by molar-refractivity contribution is 0.481. The molecule has 0 radical (unpaired) electrons. The third-order valence-electron chi connectivity index (χ3n) is 2.56. The summed E-state index contributed by atoms with van der Waals surface area (Å²) in [6, 6.07) is 2.15. The van der Waals surface area contributed by atoms with E-state index >= 15 is 0 Å². The molecular formula is C12H21NO. The first kappa shape index (κ1) is 11.3. The predicted octanol–water partition coefficient (Wildman–Crippen LogP) is 3.28. The molecule has 0 aliphatic heterocycles. The van der Waals surface area contributed by atoms with Crippen LogP contribution in [0.4, 0.5) is 0 Å². The number of aryl methyl sites for hydroxylation is 1. The molecule has 0 spiro atoms. The fourth-order valence-corrected chi connectivity index (χ4v) is 1.64. The van der Waals surface area contributed by atoms with E-state index in [1.54, 1.807) is 6.26 Å². The van der Waals surface area contributed by atoms with Crippen molar-refractivity contribution >= 4 is 0 Å². The number of hydrogen-bond acceptors (Lipinski definition) is 2. The van der Waals surface area contributed by atoms with Gasteiger partial charge in [-0.15, -0.1) is 0 Å². The Hall–Kier alpha value is -0.760. The van der Waals surface area contributed by atoms with E-state index in [4.69, 9.17) is 10.2 Å². The lowest BCUT2D eigenvalue weighted by Gasteiger charge is -2.12. The topological polar surface area (TPSA) is 39.2 Å². The van der Waals surface area contributed by atoms with Gasteiger partial charge in [0.15, 0.2) is 0 Å². The van der Waals surface area contributed by atoms with E-state index in [1.807, 2.05) is 6.07 Å². The Morgan fingerprint density at radius 3 is 2.64 bits per heavy atom. The van der Waals surface area contributed by atoms with Crippen LogP contribution in [-0.4, -0.2) is 0 Å². The Balaban J connectivity index is 2.55. The van der Waals surface area contributed by atoms with Crippen LogP contribution in [0, 0.1) is 5.92 Å². The minimum Gasteiger partial charge on any atom is -0.469 e. The summed E-state index contributed by atoms with van der Waals surface area (Å²) in [4.78, 5) is 0. The molecule has 0 aliphatic carbocycles. The van der Waals surface area contributed by atoms with E-state index < -0.39 is 0 Å². The summed E-state index contributed by atoms with van der Waals surface area (Å²) in [5.74, 6) is 1.76. The maximum Gasteiger partial charge on any atom is 0.108 e. The van der Waals surface area contributed by atoms with E-state index in [0.717, 1.165) is 24.5 Å². The lowest BCUT2D eigenvalue weighted by atomic mass is 9.98. The van der Waals surface area contributed by atoms with Gasteiger partial charge in [-0.3, -0.25) is 0 Å². The van der Waals surface area contributed by atoms with Gasteiger partial charge >= 0.3 is 0 Å². The van der Waals surface area contributed by atoms with Gasteiger partial charge in [0.25, 0.3) is 0 Å². The zero-order valence-corrected chi connectivity index (χ0v) is 9.42. The average Bonchev–Trinajstić information content (AvgIpc) is 2.61. The Labute approximate surface area is 86.5 Å². The van der Waals surface area contributed by atoms with Gasteiger partial charge in [-0.2, -0.15) is 0 Å². The van der Waals surface area contributed by atoms with Crippen LogP contribution >= 0.6 is 0 Å². The van der Waals surface area contributed by atoms with Crippen LogP contribution in [-0.2, 0) is 6.42 Å². The summed E-state index contributed by atoms with van der Waals surface area (Å²) in [6.45, 7) is 6.54. The molecule has 0 aromatic carbocycles. The van der Waals surface area contributed by atoms with E-state index in [-0.39, 0.29) is 6.04 Å². The third-order valence-corrected chi connectivity index (χ3v) is 2.56. The van der Waals surface area contributed by atoms with Crippen molar-refractivity contribution in [3.05, 3.63) is 23.7 Å². The second-order valence-corrected chi connectivity index (χ2v) is 4.23. The van der Waals surface area contributed by atoms with Gasteiger partial charge in [0, 0.05) is 18.0 Å². The van der Waals surface area contributed by atoms with Crippen molar-refractivity contribution in [2.24, 2.45) is 11.7 Å². The molecule has 0 saturated carbocycles. The van der Waals surface area contributed by atoms with Crippen LogP contribution in [0.1, 0.15) is 51.0 Å². The van der Waals surface area contributed by atoms with Gasteiger partial charge in [-0.1, -0.05) is 20.8 Å². The van der Waals surface area contributed by atoms with Crippen LogP contribution in [0.2, 0.25) is 0 Å². The molecule has 0 saturated heterocycles. The molecule has 1 aromatic heterocycles. The maximum absolute atomic E-state index is 6.10. The van der Waals surface area contributed by atoms with Crippen molar-refractivity contribution in [3.8, 4) is 0 Å². The fourth-order valence-electron chi connectivity index (χ4n) is 1.64. The monoisotopic (exact) mass is 195 g/mol. The third kappa shape index (κ3) is 2.88. The second-order valence-electron chi connectivity index (χ2n) is 4.23. The quantitative estimate of drug-likeness (QED) is 0.783. The average molecular weight is 195 g/mol. The van der Waals surface area contributed by atoms with Crippen molar-refractivity contribution in [3.63, 3.8) is 0 Å². The van der Waals surface area contributed by atoms with Gasteiger partial charge in [0.05, 0.1) is 6.26 Å². The van der Waals surface area contributed by atoms with Gasteiger partial charge in [0.1, 0.15) is 5.76 Å². The fraction of sp³-hybridized carbons (Fsp3) is 0.667. The van der Waals surface area contributed by atoms with E-state index in [9.17, 15) is 0 Å². The molecule has 0 bridgehead atoms. The molecule has 1 atom stereocenters. The van der Waals surface area contributed by atoms with Crippen LogP contribution in [0.5, 0.6) is 0 Å². The standard InChI is InChI=1S/C12H21NO/c1-4-12-10(7-8-14-12)11(13)6-5-9(2)3/h7-9,11H,4-6,13H2,1-3H3.